The van der Waals surface area contributed by atoms with E-state index in [9.17, 15) is 14.4 Å². The number of benzene rings is 1. The summed E-state index contributed by atoms with van der Waals surface area (Å²) in [5.74, 6) is -1.15. The van der Waals surface area contributed by atoms with Crippen LogP contribution in [0.25, 0.3) is 0 Å². The quantitative estimate of drug-likeness (QED) is 0.728. The summed E-state index contributed by atoms with van der Waals surface area (Å²) in [5.41, 5.74) is 1.37. The number of fused-ring (bicyclic) bond motifs is 1. The van der Waals surface area contributed by atoms with E-state index in [0.29, 0.717) is 37.9 Å². The molecule has 9 nitrogen and oxygen atoms in total. The van der Waals surface area contributed by atoms with Crippen molar-refractivity contribution in [3.05, 3.63) is 45.7 Å². The van der Waals surface area contributed by atoms with Crippen LogP contribution in [0.5, 0.6) is 0 Å². The minimum Gasteiger partial charge on any atom is -0.378 e. The molecule has 2 amide bonds. The lowest BCUT2D eigenvalue weighted by Crippen LogP contribution is -2.41. The van der Waals surface area contributed by atoms with Gasteiger partial charge in [-0.25, -0.2) is 0 Å². The highest BCUT2D eigenvalue weighted by Crippen LogP contribution is 2.30. The first kappa shape index (κ1) is 18.2. The molecule has 1 aromatic carbocycles. The van der Waals surface area contributed by atoms with E-state index in [1.807, 2.05) is 30.0 Å². The summed E-state index contributed by atoms with van der Waals surface area (Å²) in [6.07, 6.45) is -0.105. The van der Waals surface area contributed by atoms with Gasteiger partial charge in [-0.2, -0.15) is 4.98 Å². The first-order valence-corrected chi connectivity index (χ1v) is 9.15. The van der Waals surface area contributed by atoms with Crippen LogP contribution in [0.2, 0.25) is 0 Å². The number of nitrogens with one attached hydrogen (secondary N) is 3. The fourth-order valence-electron chi connectivity index (χ4n) is 3.46. The lowest BCUT2D eigenvalue weighted by molar-refractivity contribution is -0.123. The highest BCUT2D eigenvalue weighted by molar-refractivity contribution is 6.04. The van der Waals surface area contributed by atoms with Gasteiger partial charge in [-0.15, -0.1) is 0 Å². The first-order valence-electron chi connectivity index (χ1n) is 9.15. The van der Waals surface area contributed by atoms with Gasteiger partial charge in [0.15, 0.2) is 0 Å². The average Bonchev–Trinajstić information content (AvgIpc) is 2.67. The van der Waals surface area contributed by atoms with Crippen LogP contribution >= 0.6 is 0 Å². The van der Waals surface area contributed by atoms with Gasteiger partial charge in [-0.1, -0.05) is 12.1 Å². The van der Waals surface area contributed by atoms with Gasteiger partial charge < -0.3 is 20.3 Å². The van der Waals surface area contributed by atoms with E-state index in [-0.39, 0.29) is 23.7 Å². The number of anilines is 3. The highest BCUT2D eigenvalue weighted by Gasteiger charge is 2.35. The van der Waals surface area contributed by atoms with Crippen LogP contribution in [-0.4, -0.2) is 48.1 Å². The number of H-pyrrole nitrogens is 1. The number of hydrogen-bond donors (Lipinski definition) is 3. The summed E-state index contributed by atoms with van der Waals surface area (Å²) in [6.45, 7) is 4.17. The minimum atomic E-state index is -0.903. The number of hydrogen-bond acceptors (Lipinski definition) is 6. The maximum atomic E-state index is 12.8. The third-order valence-electron chi connectivity index (χ3n) is 4.85. The molecule has 9 heteroatoms. The van der Waals surface area contributed by atoms with Crippen molar-refractivity contribution < 1.29 is 14.3 Å². The summed E-state index contributed by atoms with van der Waals surface area (Å²) in [7, 11) is 0. The number of ether oxygens (including phenoxy) is 1. The van der Waals surface area contributed by atoms with Crippen molar-refractivity contribution in [3.8, 4) is 0 Å². The number of nitrogens with zero attached hydrogens (tertiary/aromatic N) is 2. The normalized spacial score (nSPS) is 19.0. The van der Waals surface area contributed by atoms with E-state index in [4.69, 9.17) is 4.74 Å². The minimum absolute atomic E-state index is 0.105. The molecule has 0 aliphatic carbocycles. The number of aryl methyl sites for hydroxylation is 1. The molecule has 1 atom stereocenters. The maximum absolute atomic E-state index is 12.8. The number of carbonyl (C=O) groups excluding carboxylic acids is 2. The molecule has 1 fully saturated rings. The topological polar surface area (TPSA) is 116 Å². The molecule has 0 spiro atoms. The Morgan fingerprint density at radius 3 is 2.82 bits per heavy atom. The lowest BCUT2D eigenvalue weighted by atomic mass is 9.92. The smallest absolute Gasteiger partial charge is 0.258 e. The Morgan fingerprint density at radius 2 is 2.07 bits per heavy atom. The zero-order valence-electron chi connectivity index (χ0n) is 15.4. The molecule has 0 saturated carbocycles. The lowest BCUT2D eigenvalue weighted by Gasteiger charge is -2.29. The SMILES string of the molecule is Cc1cccc(NC(=O)[C@H]2CC(=O)Nc3nc(N4CCOCC4)[nH]c(=O)c32)c1. The third-order valence-corrected chi connectivity index (χ3v) is 4.85. The van der Waals surface area contributed by atoms with Crippen LogP contribution in [0.3, 0.4) is 0 Å². The second kappa shape index (κ2) is 7.43. The molecule has 0 bridgehead atoms. The molecule has 0 unspecified atom stereocenters. The monoisotopic (exact) mass is 383 g/mol. The number of amides is 2. The zero-order chi connectivity index (χ0) is 19.7. The molecule has 2 aliphatic heterocycles. The zero-order valence-corrected chi connectivity index (χ0v) is 15.4. The van der Waals surface area contributed by atoms with Crippen molar-refractivity contribution in [1.29, 1.82) is 0 Å². The summed E-state index contributed by atoms with van der Waals surface area (Å²) >= 11 is 0. The molecular weight excluding hydrogens is 362 g/mol. The van der Waals surface area contributed by atoms with Crippen LogP contribution in [0.1, 0.15) is 23.5 Å². The van der Waals surface area contributed by atoms with E-state index in [0.717, 1.165) is 5.56 Å². The van der Waals surface area contributed by atoms with Gasteiger partial charge in [0.25, 0.3) is 5.56 Å². The molecule has 1 saturated heterocycles. The van der Waals surface area contributed by atoms with Crippen LogP contribution in [0.15, 0.2) is 29.1 Å². The van der Waals surface area contributed by atoms with Gasteiger partial charge in [0, 0.05) is 25.2 Å². The van der Waals surface area contributed by atoms with Crippen molar-refractivity contribution >= 4 is 29.3 Å². The van der Waals surface area contributed by atoms with Crippen LogP contribution in [0.4, 0.5) is 17.5 Å². The van der Waals surface area contributed by atoms with Crippen LogP contribution in [0, 0.1) is 6.92 Å². The van der Waals surface area contributed by atoms with Crippen LogP contribution < -0.4 is 21.1 Å². The molecule has 146 valence electrons. The summed E-state index contributed by atoms with van der Waals surface area (Å²) in [6, 6.07) is 7.33. The van der Waals surface area contributed by atoms with Crippen molar-refractivity contribution in [2.75, 3.05) is 41.8 Å². The third kappa shape index (κ3) is 3.61. The Kier molecular flexibility index (Phi) is 4.82. The fraction of sp³-hybridized carbons (Fsp3) is 0.368. The predicted molar refractivity (Wildman–Crippen MR) is 104 cm³/mol. The van der Waals surface area contributed by atoms with Crippen molar-refractivity contribution in [2.45, 2.75) is 19.3 Å². The molecule has 0 radical (unpaired) electrons. The molecule has 28 heavy (non-hydrogen) atoms. The van der Waals surface area contributed by atoms with Crippen molar-refractivity contribution in [3.63, 3.8) is 0 Å². The van der Waals surface area contributed by atoms with Gasteiger partial charge >= 0.3 is 0 Å². The van der Waals surface area contributed by atoms with Crippen LogP contribution in [-0.2, 0) is 14.3 Å². The molecule has 3 heterocycles. The Bertz CT molecular complexity index is 981. The molecular formula is C19H21N5O4. The average molecular weight is 383 g/mol. The fourth-order valence-corrected chi connectivity index (χ4v) is 3.46. The number of rotatable bonds is 3. The van der Waals surface area contributed by atoms with Gasteiger partial charge in [-0.05, 0) is 24.6 Å². The summed E-state index contributed by atoms with van der Waals surface area (Å²) in [4.78, 5) is 46.8. The largest absolute Gasteiger partial charge is 0.378 e. The Labute approximate surface area is 161 Å². The molecule has 4 rings (SSSR count). The molecule has 2 aromatic rings. The van der Waals surface area contributed by atoms with E-state index in [1.54, 1.807) is 6.07 Å². The second-order valence-electron chi connectivity index (χ2n) is 6.91. The van der Waals surface area contributed by atoms with Gasteiger partial charge in [0.1, 0.15) is 5.82 Å². The van der Waals surface area contributed by atoms with E-state index in [1.165, 1.54) is 0 Å². The van der Waals surface area contributed by atoms with E-state index < -0.39 is 17.4 Å². The molecule has 2 aliphatic rings. The van der Waals surface area contributed by atoms with Gasteiger partial charge in [-0.3, -0.25) is 19.4 Å². The second-order valence-corrected chi connectivity index (χ2v) is 6.91. The Hall–Kier alpha value is -3.20. The molecule has 1 aromatic heterocycles. The highest BCUT2D eigenvalue weighted by atomic mass is 16.5. The van der Waals surface area contributed by atoms with Gasteiger partial charge in [0.05, 0.1) is 24.7 Å². The predicted octanol–water partition coefficient (Wildman–Crippen LogP) is 0.979. The molecule has 3 N–H and O–H groups in total. The Morgan fingerprint density at radius 1 is 1.29 bits per heavy atom. The standard InChI is InChI=1S/C19H21N5O4/c1-11-3-2-4-12(9-11)20-17(26)13-10-14(25)21-16-15(13)18(27)23-19(22-16)24-5-7-28-8-6-24/h2-4,9,13H,5-8,10H2,1H3,(H,20,26)(H2,21,22,23,25,27)/t13-/m0/s1. The van der Waals surface area contributed by atoms with Gasteiger partial charge in [0.2, 0.25) is 17.8 Å². The maximum Gasteiger partial charge on any atom is 0.258 e. The summed E-state index contributed by atoms with van der Waals surface area (Å²) in [5, 5.41) is 5.42. The first-order chi connectivity index (χ1) is 13.5. The number of aromatic amines is 1. The summed E-state index contributed by atoms with van der Waals surface area (Å²) < 4.78 is 5.31. The van der Waals surface area contributed by atoms with Crippen molar-refractivity contribution in [1.82, 2.24) is 9.97 Å². The number of carbonyl (C=O) groups is 2. The Balaban J connectivity index is 1.65. The number of morpholine rings is 1. The van der Waals surface area contributed by atoms with E-state index in [2.05, 4.69) is 20.6 Å². The van der Waals surface area contributed by atoms with Crippen molar-refractivity contribution in [2.24, 2.45) is 0 Å². The van der Waals surface area contributed by atoms with E-state index >= 15 is 0 Å². The number of aromatic nitrogens is 2.